The third kappa shape index (κ3) is 5.57. The summed E-state index contributed by atoms with van der Waals surface area (Å²) in [6.07, 6.45) is 1.45. The lowest BCUT2D eigenvalue weighted by molar-refractivity contribution is -0.384. The van der Waals surface area contributed by atoms with Gasteiger partial charge in [-0.2, -0.15) is 0 Å². The molecule has 0 aliphatic carbocycles. The Morgan fingerprint density at radius 3 is 2.68 bits per heavy atom. The molecule has 25 heavy (non-hydrogen) atoms. The van der Waals surface area contributed by atoms with Gasteiger partial charge in [0.05, 0.1) is 22.9 Å². The van der Waals surface area contributed by atoms with Gasteiger partial charge in [-0.3, -0.25) is 19.7 Å². The number of aromatic nitrogens is 3. The number of aliphatic carboxylic acids is 1. The molecule has 10 nitrogen and oxygen atoms in total. The lowest BCUT2D eigenvalue weighted by Crippen LogP contribution is -2.30. The Hall–Kier alpha value is -2.95. The summed E-state index contributed by atoms with van der Waals surface area (Å²) < 4.78 is 1.17. The second-order valence-electron chi connectivity index (χ2n) is 5.03. The van der Waals surface area contributed by atoms with Crippen LogP contribution in [0.15, 0.2) is 35.4 Å². The summed E-state index contributed by atoms with van der Waals surface area (Å²) in [7, 11) is 0. The SMILES string of the molecule is CC(Sc1ccc([N+](=O)[O-])cc1)C(=O)NCc1cn(CC(=O)O)nn1. The summed E-state index contributed by atoms with van der Waals surface area (Å²) in [5, 5.41) is 29.0. The second kappa shape index (κ2) is 8.24. The molecule has 1 heterocycles. The van der Waals surface area contributed by atoms with Crippen LogP contribution in [0, 0.1) is 10.1 Å². The minimum Gasteiger partial charge on any atom is -0.480 e. The highest BCUT2D eigenvalue weighted by Crippen LogP contribution is 2.25. The largest absolute Gasteiger partial charge is 0.480 e. The molecule has 1 aromatic carbocycles. The van der Waals surface area contributed by atoms with E-state index in [-0.39, 0.29) is 24.7 Å². The van der Waals surface area contributed by atoms with E-state index in [1.807, 2.05) is 0 Å². The van der Waals surface area contributed by atoms with E-state index in [9.17, 15) is 19.7 Å². The normalized spacial score (nSPS) is 11.7. The molecule has 0 spiro atoms. The van der Waals surface area contributed by atoms with Gasteiger partial charge in [-0.1, -0.05) is 5.21 Å². The first-order valence-electron chi connectivity index (χ1n) is 7.15. The Labute approximate surface area is 146 Å². The number of carboxylic acids is 1. The third-order valence-corrected chi connectivity index (χ3v) is 4.17. The molecule has 11 heteroatoms. The smallest absolute Gasteiger partial charge is 0.325 e. The average molecular weight is 365 g/mol. The molecular formula is C14H15N5O5S. The van der Waals surface area contributed by atoms with Crippen molar-refractivity contribution < 1.29 is 19.6 Å². The molecule has 1 aromatic heterocycles. The predicted molar refractivity (Wildman–Crippen MR) is 87.9 cm³/mol. The Morgan fingerprint density at radius 1 is 1.40 bits per heavy atom. The van der Waals surface area contributed by atoms with E-state index >= 15 is 0 Å². The van der Waals surface area contributed by atoms with Crippen LogP contribution in [-0.4, -0.2) is 42.2 Å². The Bertz CT molecular complexity index is 776. The monoisotopic (exact) mass is 365 g/mol. The summed E-state index contributed by atoms with van der Waals surface area (Å²) >= 11 is 1.27. The number of rotatable bonds is 8. The average Bonchev–Trinajstić information content (AvgIpc) is 2.99. The van der Waals surface area contributed by atoms with Crippen LogP contribution < -0.4 is 5.32 Å². The van der Waals surface area contributed by atoms with Gasteiger partial charge in [-0.25, -0.2) is 4.68 Å². The molecule has 2 aromatic rings. The summed E-state index contributed by atoms with van der Waals surface area (Å²) in [5.41, 5.74) is 0.438. The molecule has 1 unspecified atom stereocenters. The van der Waals surface area contributed by atoms with E-state index in [1.54, 1.807) is 19.1 Å². The van der Waals surface area contributed by atoms with Crippen molar-refractivity contribution in [1.29, 1.82) is 0 Å². The molecule has 0 saturated carbocycles. The molecular weight excluding hydrogens is 350 g/mol. The lowest BCUT2D eigenvalue weighted by Gasteiger charge is -2.11. The second-order valence-corrected chi connectivity index (χ2v) is 6.44. The summed E-state index contributed by atoms with van der Waals surface area (Å²) in [6.45, 7) is 1.54. The number of nitrogens with one attached hydrogen (secondary N) is 1. The number of hydrogen-bond acceptors (Lipinski definition) is 7. The number of nitrogens with zero attached hydrogens (tertiary/aromatic N) is 4. The molecule has 0 saturated heterocycles. The standard InChI is InChI=1S/C14H15N5O5S/c1-9(25-12-4-2-11(3-5-12)19(23)24)14(22)15-6-10-7-18(17-16-10)8-13(20)21/h2-5,7,9H,6,8H2,1H3,(H,15,22)(H,20,21). The summed E-state index contributed by atoms with van der Waals surface area (Å²) in [4.78, 5) is 33.5. The third-order valence-electron chi connectivity index (χ3n) is 3.06. The van der Waals surface area contributed by atoms with Gasteiger partial charge in [0.2, 0.25) is 5.91 Å². The van der Waals surface area contributed by atoms with E-state index in [1.165, 1.54) is 34.8 Å². The number of carbonyl (C=O) groups is 2. The molecule has 1 amide bonds. The molecule has 132 valence electrons. The van der Waals surface area contributed by atoms with Gasteiger partial charge in [-0.05, 0) is 19.1 Å². The number of benzene rings is 1. The minimum absolute atomic E-state index is 0.00842. The molecule has 1 atom stereocenters. The number of thioether (sulfide) groups is 1. The lowest BCUT2D eigenvalue weighted by atomic mass is 10.3. The Balaban J connectivity index is 1.84. The van der Waals surface area contributed by atoms with Crippen molar-refractivity contribution in [2.75, 3.05) is 0 Å². The van der Waals surface area contributed by atoms with Gasteiger partial charge in [0, 0.05) is 17.0 Å². The number of amides is 1. The zero-order chi connectivity index (χ0) is 18.4. The fourth-order valence-corrected chi connectivity index (χ4v) is 2.75. The maximum atomic E-state index is 12.1. The van der Waals surface area contributed by atoms with Crippen LogP contribution in [0.25, 0.3) is 0 Å². The number of carbonyl (C=O) groups excluding carboxylic acids is 1. The molecule has 0 aliphatic heterocycles. The minimum atomic E-state index is -1.03. The quantitative estimate of drug-likeness (QED) is 0.402. The van der Waals surface area contributed by atoms with Crippen LogP contribution in [0.4, 0.5) is 5.69 Å². The molecule has 0 aliphatic rings. The number of hydrogen-bond donors (Lipinski definition) is 2. The first-order valence-corrected chi connectivity index (χ1v) is 8.02. The van der Waals surface area contributed by atoms with Crippen LogP contribution in [0.1, 0.15) is 12.6 Å². The van der Waals surface area contributed by atoms with E-state index in [0.29, 0.717) is 5.69 Å². The fourth-order valence-electron chi connectivity index (χ4n) is 1.86. The maximum absolute atomic E-state index is 12.1. The molecule has 0 fully saturated rings. The van der Waals surface area contributed by atoms with E-state index in [4.69, 9.17) is 5.11 Å². The highest BCUT2D eigenvalue weighted by atomic mass is 32.2. The van der Waals surface area contributed by atoms with Gasteiger partial charge in [0.1, 0.15) is 12.2 Å². The van der Waals surface area contributed by atoms with E-state index in [2.05, 4.69) is 15.6 Å². The van der Waals surface area contributed by atoms with Crippen LogP contribution >= 0.6 is 11.8 Å². The van der Waals surface area contributed by atoms with Crippen molar-refractivity contribution in [1.82, 2.24) is 20.3 Å². The fraction of sp³-hybridized carbons (Fsp3) is 0.286. The van der Waals surface area contributed by atoms with Gasteiger partial charge < -0.3 is 10.4 Å². The molecule has 0 radical (unpaired) electrons. The van der Waals surface area contributed by atoms with Gasteiger partial charge in [-0.15, -0.1) is 16.9 Å². The van der Waals surface area contributed by atoms with E-state index < -0.39 is 16.1 Å². The summed E-state index contributed by atoms with van der Waals surface area (Å²) in [6, 6.07) is 5.94. The van der Waals surface area contributed by atoms with Crippen molar-refractivity contribution in [2.24, 2.45) is 0 Å². The van der Waals surface area contributed by atoms with Crippen LogP contribution in [0.3, 0.4) is 0 Å². The van der Waals surface area contributed by atoms with Gasteiger partial charge >= 0.3 is 5.97 Å². The predicted octanol–water partition coefficient (Wildman–Crippen LogP) is 1.07. The molecule has 0 bridgehead atoms. The van der Waals surface area contributed by atoms with Gasteiger partial charge in [0.15, 0.2) is 0 Å². The van der Waals surface area contributed by atoms with Gasteiger partial charge in [0.25, 0.3) is 5.69 Å². The van der Waals surface area contributed by atoms with Crippen molar-refractivity contribution in [2.45, 2.75) is 30.2 Å². The van der Waals surface area contributed by atoms with Crippen molar-refractivity contribution in [3.8, 4) is 0 Å². The zero-order valence-electron chi connectivity index (χ0n) is 13.2. The molecule has 2 rings (SSSR count). The first-order chi connectivity index (χ1) is 11.8. The van der Waals surface area contributed by atoms with E-state index in [0.717, 1.165) is 4.90 Å². The van der Waals surface area contributed by atoms with Crippen LogP contribution in [0.5, 0.6) is 0 Å². The number of non-ortho nitro benzene ring substituents is 1. The van der Waals surface area contributed by atoms with Crippen molar-refractivity contribution in [3.63, 3.8) is 0 Å². The van der Waals surface area contributed by atoms with Crippen LogP contribution in [-0.2, 0) is 22.7 Å². The highest BCUT2D eigenvalue weighted by Gasteiger charge is 2.15. The summed E-state index contributed by atoms with van der Waals surface area (Å²) in [5.74, 6) is -1.27. The maximum Gasteiger partial charge on any atom is 0.325 e. The Kier molecular flexibility index (Phi) is 6.06. The molecule has 2 N–H and O–H groups in total. The first kappa shape index (κ1) is 18.4. The highest BCUT2D eigenvalue weighted by molar-refractivity contribution is 8.00. The number of nitro benzene ring substituents is 1. The zero-order valence-corrected chi connectivity index (χ0v) is 14.0. The van der Waals surface area contributed by atoms with Crippen LogP contribution in [0.2, 0.25) is 0 Å². The van der Waals surface area contributed by atoms with Crippen molar-refractivity contribution >= 4 is 29.3 Å². The number of nitro groups is 1. The van der Waals surface area contributed by atoms with Crippen molar-refractivity contribution in [3.05, 3.63) is 46.3 Å². The topological polar surface area (TPSA) is 140 Å². The number of carboxylic acid groups (broad SMARTS) is 1. The Morgan fingerprint density at radius 2 is 2.08 bits per heavy atom.